The van der Waals surface area contributed by atoms with E-state index in [1.807, 2.05) is 32.0 Å². The summed E-state index contributed by atoms with van der Waals surface area (Å²) in [7, 11) is 0. The first-order valence-electron chi connectivity index (χ1n) is 10.4. The van der Waals surface area contributed by atoms with Crippen LogP contribution in [0.3, 0.4) is 0 Å². The first kappa shape index (κ1) is 22.2. The van der Waals surface area contributed by atoms with Crippen molar-refractivity contribution in [1.29, 1.82) is 0 Å². The van der Waals surface area contributed by atoms with Crippen LogP contribution in [0.4, 0.5) is 23.6 Å². The molecule has 0 bridgehead atoms. The van der Waals surface area contributed by atoms with Gasteiger partial charge in [0.05, 0.1) is 23.9 Å². The summed E-state index contributed by atoms with van der Waals surface area (Å²) in [6, 6.07) is 5.90. The Balaban J connectivity index is 1.39. The number of aromatic nitrogens is 5. The minimum absolute atomic E-state index is 0.165. The molecule has 1 aromatic carbocycles. The van der Waals surface area contributed by atoms with Crippen molar-refractivity contribution in [2.24, 2.45) is 0 Å². The monoisotopic (exact) mass is 459 g/mol. The second-order valence-corrected chi connectivity index (χ2v) is 7.88. The summed E-state index contributed by atoms with van der Waals surface area (Å²) in [5.74, 6) is 1.93. The molecule has 2 aromatic heterocycles. The second kappa shape index (κ2) is 10.1. The van der Waals surface area contributed by atoms with Crippen LogP contribution in [0.5, 0.6) is 0 Å². The van der Waals surface area contributed by atoms with E-state index < -0.39 is 0 Å². The fraction of sp³-hybridized carbons (Fsp3) is 0.450. The molecule has 32 heavy (non-hydrogen) atoms. The molecule has 0 atom stereocenters. The molecule has 3 N–H and O–H groups in total. The Bertz CT molecular complexity index is 1030. The van der Waals surface area contributed by atoms with E-state index in [-0.39, 0.29) is 12.6 Å². The molecule has 0 amide bonds. The van der Waals surface area contributed by atoms with Crippen molar-refractivity contribution in [2.45, 2.75) is 20.4 Å². The molecule has 0 unspecified atom stereocenters. The van der Waals surface area contributed by atoms with Crippen LogP contribution in [0.2, 0.25) is 5.02 Å². The lowest BCUT2D eigenvalue weighted by Gasteiger charge is -2.34. The minimum Gasteiger partial charge on any atom is -0.406 e. The normalized spacial score (nSPS) is 14.6. The highest BCUT2D eigenvalue weighted by molar-refractivity contribution is 6.33. The maximum absolute atomic E-state index is 9.11. The lowest BCUT2D eigenvalue weighted by Crippen LogP contribution is -2.47. The highest BCUT2D eigenvalue weighted by Gasteiger charge is 2.20. The molecule has 1 saturated heterocycles. The third-order valence-corrected chi connectivity index (χ3v) is 5.45. The number of rotatable bonds is 8. The molecular formula is C20H26ClN9O2. The minimum atomic E-state index is 0.165. The van der Waals surface area contributed by atoms with E-state index in [4.69, 9.17) is 21.1 Å². The maximum Gasteiger partial charge on any atom is 0.322 e. The van der Waals surface area contributed by atoms with Gasteiger partial charge in [0.25, 0.3) is 0 Å². The molecule has 3 aromatic rings. The molecule has 4 rings (SSSR count). The molecule has 0 saturated carbocycles. The standard InChI is InChI=1S/C20H26ClN9O2/c1-13-4-3-5-15(21)17(13)22-12-16-27-28-20(32-16)26-18-23-14(2)24-19(25-18)30-8-6-29(7-9-30)10-11-31/h3-5,22,31H,6-12H2,1-2H3,(H,23,24,25,26,28). The third-order valence-electron chi connectivity index (χ3n) is 5.13. The van der Waals surface area contributed by atoms with Crippen LogP contribution in [-0.4, -0.2) is 74.5 Å². The molecule has 0 aliphatic carbocycles. The van der Waals surface area contributed by atoms with Crippen LogP contribution in [0.1, 0.15) is 17.3 Å². The summed E-state index contributed by atoms with van der Waals surface area (Å²) in [6.45, 7) is 8.22. The van der Waals surface area contributed by atoms with Crippen molar-refractivity contribution in [3.63, 3.8) is 0 Å². The van der Waals surface area contributed by atoms with Gasteiger partial charge in [-0.25, -0.2) is 0 Å². The number of anilines is 4. The molecule has 11 nitrogen and oxygen atoms in total. The van der Waals surface area contributed by atoms with E-state index in [0.717, 1.165) is 37.4 Å². The van der Waals surface area contributed by atoms with Crippen LogP contribution in [0.25, 0.3) is 0 Å². The number of aryl methyl sites for hydroxylation is 2. The van der Waals surface area contributed by atoms with Gasteiger partial charge in [0.2, 0.25) is 17.8 Å². The van der Waals surface area contributed by atoms with E-state index in [1.54, 1.807) is 0 Å². The van der Waals surface area contributed by atoms with E-state index in [0.29, 0.717) is 41.7 Å². The number of hydrogen-bond acceptors (Lipinski definition) is 11. The van der Waals surface area contributed by atoms with Crippen LogP contribution < -0.4 is 15.5 Å². The number of halogens is 1. The number of hydrogen-bond donors (Lipinski definition) is 3. The van der Waals surface area contributed by atoms with Gasteiger partial charge < -0.3 is 19.7 Å². The van der Waals surface area contributed by atoms with Gasteiger partial charge in [-0.1, -0.05) is 28.8 Å². The Morgan fingerprint density at radius 2 is 1.91 bits per heavy atom. The lowest BCUT2D eigenvalue weighted by atomic mass is 10.2. The number of nitrogens with one attached hydrogen (secondary N) is 2. The second-order valence-electron chi connectivity index (χ2n) is 7.47. The average Bonchev–Trinajstić information content (AvgIpc) is 3.21. The summed E-state index contributed by atoms with van der Waals surface area (Å²) in [6.07, 6.45) is 0. The molecule has 170 valence electrons. The molecule has 1 aliphatic rings. The lowest BCUT2D eigenvalue weighted by molar-refractivity contribution is 0.188. The molecule has 0 spiro atoms. The zero-order chi connectivity index (χ0) is 22.5. The van der Waals surface area contributed by atoms with E-state index in [9.17, 15) is 0 Å². The number of piperazine rings is 1. The highest BCUT2D eigenvalue weighted by Crippen LogP contribution is 2.26. The van der Waals surface area contributed by atoms with E-state index in [2.05, 4.69) is 45.6 Å². The topological polar surface area (TPSA) is 128 Å². The first-order valence-corrected chi connectivity index (χ1v) is 10.8. The SMILES string of the molecule is Cc1nc(Nc2nnc(CNc3c(C)cccc3Cl)o2)nc(N2CCN(CCO)CC2)n1. The van der Waals surface area contributed by atoms with Crippen LogP contribution in [0, 0.1) is 13.8 Å². The Morgan fingerprint density at radius 1 is 1.09 bits per heavy atom. The predicted octanol–water partition coefficient (Wildman–Crippen LogP) is 1.99. The van der Waals surface area contributed by atoms with Gasteiger partial charge in [0, 0.05) is 32.7 Å². The average molecular weight is 460 g/mol. The molecule has 12 heteroatoms. The van der Waals surface area contributed by atoms with Crippen molar-refractivity contribution >= 4 is 35.2 Å². The maximum atomic E-state index is 9.11. The predicted molar refractivity (Wildman–Crippen MR) is 121 cm³/mol. The van der Waals surface area contributed by atoms with Crippen molar-refractivity contribution in [3.05, 3.63) is 40.5 Å². The molecule has 1 fully saturated rings. The zero-order valence-electron chi connectivity index (χ0n) is 18.0. The highest BCUT2D eigenvalue weighted by atomic mass is 35.5. The van der Waals surface area contributed by atoms with Crippen molar-refractivity contribution in [3.8, 4) is 0 Å². The third kappa shape index (κ3) is 5.42. The summed E-state index contributed by atoms with van der Waals surface area (Å²) >= 11 is 6.24. The van der Waals surface area contributed by atoms with Gasteiger partial charge >= 0.3 is 6.01 Å². The van der Waals surface area contributed by atoms with E-state index in [1.165, 1.54) is 0 Å². The fourth-order valence-electron chi connectivity index (χ4n) is 3.47. The first-order chi connectivity index (χ1) is 15.5. The fourth-order valence-corrected chi connectivity index (χ4v) is 3.76. The zero-order valence-corrected chi connectivity index (χ0v) is 18.8. The molecule has 0 radical (unpaired) electrons. The number of aliphatic hydroxyl groups excluding tert-OH is 1. The van der Waals surface area contributed by atoms with Gasteiger partial charge in [-0.3, -0.25) is 10.2 Å². The molecule has 1 aliphatic heterocycles. The van der Waals surface area contributed by atoms with Crippen LogP contribution in [-0.2, 0) is 6.54 Å². The Hall–Kier alpha value is -3.02. The van der Waals surface area contributed by atoms with Crippen LogP contribution in [0.15, 0.2) is 22.6 Å². The Labute approximate surface area is 190 Å². The number of aliphatic hydroxyl groups is 1. The smallest absolute Gasteiger partial charge is 0.322 e. The number of para-hydroxylation sites is 1. The number of benzene rings is 1. The molecular weight excluding hydrogens is 434 g/mol. The molecule has 3 heterocycles. The summed E-state index contributed by atoms with van der Waals surface area (Å²) in [5, 5.41) is 24.0. The Kier molecular flexibility index (Phi) is 6.98. The summed E-state index contributed by atoms with van der Waals surface area (Å²) in [5.41, 5.74) is 1.86. The Morgan fingerprint density at radius 3 is 2.66 bits per heavy atom. The van der Waals surface area contributed by atoms with Crippen molar-refractivity contribution in [1.82, 2.24) is 30.0 Å². The van der Waals surface area contributed by atoms with Gasteiger partial charge in [0.1, 0.15) is 5.82 Å². The van der Waals surface area contributed by atoms with Crippen molar-refractivity contribution < 1.29 is 9.52 Å². The van der Waals surface area contributed by atoms with Gasteiger partial charge in [-0.2, -0.15) is 15.0 Å². The summed E-state index contributed by atoms with van der Waals surface area (Å²) < 4.78 is 5.67. The van der Waals surface area contributed by atoms with Crippen LogP contribution >= 0.6 is 11.6 Å². The van der Waals surface area contributed by atoms with Gasteiger partial charge in [-0.15, -0.1) is 5.10 Å². The van der Waals surface area contributed by atoms with E-state index >= 15 is 0 Å². The summed E-state index contributed by atoms with van der Waals surface area (Å²) in [4.78, 5) is 17.6. The van der Waals surface area contributed by atoms with Gasteiger partial charge in [-0.05, 0) is 25.5 Å². The van der Waals surface area contributed by atoms with Gasteiger partial charge in [0.15, 0.2) is 0 Å². The quantitative estimate of drug-likeness (QED) is 0.457. The number of nitrogens with zero attached hydrogens (tertiary/aromatic N) is 7. The largest absolute Gasteiger partial charge is 0.406 e. The number of β-amino-alcohol motifs (C(OH)–C–C–N with tert-alkyl or cyclic N) is 1. The van der Waals surface area contributed by atoms with Crippen molar-refractivity contribution in [2.75, 3.05) is 54.9 Å².